The molecule has 0 saturated heterocycles. The fourth-order valence-electron chi connectivity index (χ4n) is 2.17. The maximum atomic E-state index is 12.5. The molecule has 4 N–H and O–H groups in total. The number of nitrogens with two attached hydrogens (primary N) is 2. The number of nitrogen functional groups attached to an aromatic ring is 2. The third-order valence-electron chi connectivity index (χ3n) is 3.52. The molecule has 0 amide bonds. The SMILES string of the molecule is Nc1ccc(-c2ccc(C(F)(F)F)cc2Cl)c(Cl)c1.Nc1ccc(I)c(Cl)c1. The van der Waals surface area contributed by atoms with Gasteiger partial charge in [0.1, 0.15) is 0 Å². The van der Waals surface area contributed by atoms with E-state index in [0.29, 0.717) is 27.5 Å². The molecule has 0 spiro atoms. The molecule has 3 rings (SSSR count). The number of hydrogen-bond donors (Lipinski definition) is 2. The Balaban J connectivity index is 0.000000261. The average Bonchev–Trinajstić information content (AvgIpc) is 2.59. The molecule has 0 heterocycles. The maximum absolute atomic E-state index is 12.5. The van der Waals surface area contributed by atoms with Crippen molar-refractivity contribution in [2.45, 2.75) is 6.18 Å². The lowest BCUT2D eigenvalue weighted by Gasteiger charge is -2.11. The quantitative estimate of drug-likeness (QED) is 0.236. The minimum Gasteiger partial charge on any atom is -0.399 e. The number of benzene rings is 3. The summed E-state index contributed by atoms with van der Waals surface area (Å²) in [5.74, 6) is 0. The summed E-state index contributed by atoms with van der Waals surface area (Å²) < 4.78 is 38.6. The smallest absolute Gasteiger partial charge is 0.399 e. The van der Waals surface area contributed by atoms with E-state index in [1.165, 1.54) is 12.1 Å². The largest absolute Gasteiger partial charge is 0.416 e. The Morgan fingerprint density at radius 1 is 0.679 bits per heavy atom. The van der Waals surface area contributed by atoms with Gasteiger partial charge in [-0.3, -0.25) is 0 Å². The van der Waals surface area contributed by atoms with Crippen molar-refractivity contribution in [1.82, 2.24) is 0 Å². The zero-order valence-electron chi connectivity index (χ0n) is 14.0. The van der Waals surface area contributed by atoms with E-state index in [1.54, 1.807) is 18.2 Å². The van der Waals surface area contributed by atoms with Crippen molar-refractivity contribution in [2.24, 2.45) is 0 Å². The molecular formula is C19H13Cl3F3IN2. The maximum Gasteiger partial charge on any atom is 0.416 e. The summed E-state index contributed by atoms with van der Waals surface area (Å²) in [5.41, 5.74) is 12.3. The molecule has 0 aliphatic rings. The van der Waals surface area contributed by atoms with Gasteiger partial charge in [-0.05, 0) is 65.1 Å². The Hall–Kier alpha value is -1.35. The van der Waals surface area contributed by atoms with Crippen molar-refractivity contribution >= 4 is 68.8 Å². The molecule has 0 radical (unpaired) electrons. The first-order valence-electron chi connectivity index (χ1n) is 7.61. The Labute approximate surface area is 188 Å². The topological polar surface area (TPSA) is 52.0 Å². The second-order valence-electron chi connectivity index (χ2n) is 5.61. The van der Waals surface area contributed by atoms with E-state index in [2.05, 4.69) is 22.6 Å². The average molecular weight is 560 g/mol. The molecule has 0 bridgehead atoms. The lowest BCUT2D eigenvalue weighted by atomic mass is 10.0. The summed E-state index contributed by atoms with van der Waals surface area (Å²) in [5, 5.41) is 1.04. The molecule has 0 aromatic heterocycles. The highest BCUT2D eigenvalue weighted by molar-refractivity contribution is 14.1. The van der Waals surface area contributed by atoms with Crippen LogP contribution < -0.4 is 11.5 Å². The Bertz CT molecular complexity index is 995. The zero-order chi connectivity index (χ0) is 21.1. The fourth-order valence-corrected chi connectivity index (χ4v) is 3.27. The zero-order valence-corrected chi connectivity index (χ0v) is 18.4. The fraction of sp³-hybridized carbons (Fsp3) is 0.0526. The highest BCUT2D eigenvalue weighted by atomic mass is 127. The van der Waals surface area contributed by atoms with Gasteiger partial charge in [0.25, 0.3) is 0 Å². The van der Waals surface area contributed by atoms with Crippen LogP contribution >= 0.6 is 57.4 Å². The van der Waals surface area contributed by atoms with E-state index in [-0.39, 0.29) is 5.02 Å². The first-order chi connectivity index (χ1) is 13.0. The minimum atomic E-state index is -4.42. The molecule has 28 heavy (non-hydrogen) atoms. The van der Waals surface area contributed by atoms with Crippen LogP contribution in [0.4, 0.5) is 24.5 Å². The van der Waals surface area contributed by atoms with Crippen molar-refractivity contribution < 1.29 is 13.2 Å². The van der Waals surface area contributed by atoms with Crippen molar-refractivity contribution in [3.05, 3.63) is 78.8 Å². The van der Waals surface area contributed by atoms with Gasteiger partial charge in [-0.25, -0.2) is 0 Å². The number of alkyl halides is 3. The summed E-state index contributed by atoms with van der Waals surface area (Å²) in [4.78, 5) is 0. The molecule has 3 aromatic rings. The third-order valence-corrected chi connectivity index (χ3v) is 5.72. The molecule has 3 aromatic carbocycles. The highest BCUT2D eigenvalue weighted by Crippen LogP contribution is 2.38. The molecule has 148 valence electrons. The van der Waals surface area contributed by atoms with Crippen LogP contribution in [-0.2, 0) is 6.18 Å². The highest BCUT2D eigenvalue weighted by Gasteiger charge is 2.31. The van der Waals surface area contributed by atoms with Gasteiger partial charge in [0.05, 0.1) is 15.6 Å². The van der Waals surface area contributed by atoms with Gasteiger partial charge in [0, 0.05) is 31.1 Å². The van der Waals surface area contributed by atoms with Gasteiger partial charge >= 0.3 is 6.18 Å². The van der Waals surface area contributed by atoms with Crippen LogP contribution in [0.3, 0.4) is 0 Å². The van der Waals surface area contributed by atoms with Gasteiger partial charge in [0.2, 0.25) is 0 Å². The molecule has 0 unspecified atom stereocenters. The van der Waals surface area contributed by atoms with Gasteiger partial charge < -0.3 is 11.5 Å². The summed E-state index contributed by atoms with van der Waals surface area (Å²) in [6.45, 7) is 0. The Morgan fingerprint density at radius 2 is 1.14 bits per heavy atom. The third kappa shape index (κ3) is 6.07. The first-order valence-corrected chi connectivity index (χ1v) is 9.83. The Morgan fingerprint density at radius 3 is 1.57 bits per heavy atom. The van der Waals surface area contributed by atoms with Crippen LogP contribution in [-0.4, -0.2) is 0 Å². The molecule has 0 saturated carbocycles. The van der Waals surface area contributed by atoms with Crippen molar-refractivity contribution in [3.63, 3.8) is 0 Å². The van der Waals surface area contributed by atoms with E-state index < -0.39 is 11.7 Å². The van der Waals surface area contributed by atoms with Crippen molar-refractivity contribution in [2.75, 3.05) is 11.5 Å². The Kier molecular flexibility index (Phi) is 7.73. The standard InChI is InChI=1S/C13H8Cl2F3N.C6H5ClIN/c14-11-5-7(13(16,17)18)1-3-9(11)10-4-2-8(19)6-12(10)15;7-5-3-4(9)1-2-6(5)8/h1-6H,19H2;1-3H,9H2. The van der Waals surface area contributed by atoms with Crippen molar-refractivity contribution in [3.8, 4) is 11.1 Å². The van der Waals surface area contributed by atoms with Crippen LogP contribution in [0.25, 0.3) is 11.1 Å². The van der Waals surface area contributed by atoms with Gasteiger partial charge in [-0.15, -0.1) is 0 Å². The number of rotatable bonds is 1. The number of halogens is 7. The lowest BCUT2D eigenvalue weighted by Crippen LogP contribution is -2.04. The predicted octanol–water partition coefficient (Wildman–Crippen LogP) is 7.79. The second-order valence-corrected chi connectivity index (χ2v) is 7.99. The molecule has 9 heteroatoms. The molecular weight excluding hydrogens is 546 g/mol. The van der Waals surface area contributed by atoms with E-state index >= 15 is 0 Å². The van der Waals surface area contributed by atoms with Crippen LogP contribution in [0.1, 0.15) is 5.56 Å². The van der Waals surface area contributed by atoms with Gasteiger partial charge in [0.15, 0.2) is 0 Å². The van der Waals surface area contributed by atoms with E-state index in [4.69, 9.17) is 46.3 Å². The molecule has 0 aliphatic carbocycles. The normalized spacial score (nSPS) is 11.0. The molecule has 0 fully saturated rings. The van der Waals surface area contributed by atoms with Crippen LogP contribution in [0, 0.1) is 3.57 Å². The molecule has 0 atom stereocenters. The first kappa shape index (κ1) is 22.9. The van der Waals surface area contributed by atoms with Gasteiger partial charge in [-0.1, -0.05) is 46.9 Å². The summed E-state index contributed by atoms with van der Waals surface area (Å²) in [7, 11) is 0. The summed E-state index contributed by atoms with van der Waals surface area (Å²) in [6, 6.07) is 13.3. The van der Waals surface area contributed by atoms with Crippen LogP contribution in [0.5, 0.6) is 0 Å². The van der Waals surface area contributed by atoms with E-state index in [0.717, 1.165) is 20.7 Å². The van der Waals surface area contributed by atoms with Crippen molar-refractivity contribution in [1.29, 1.82) is 0 Å². The molecule has 2 nitrogen and oxygen atoms in total. The van der Waals surface area contributed by atoms with Crippen LogP contribution in [0.2, 0.25) is 15.1 Å². The van der Waals surface area contributed by atoms with E-state index in [9.17, 15) is 13.2 Å². The summed E-state index contributed by atoms with van der Waals surface area (Å²) in [6.07, 6.45) is -4.42. The molecule has 0 aliphatic heterocycles. The number of anilines is 2. The minimum absolute atomic E-state index is 0.0125. The van der Waals surface area contributed by atoms with E-state index in [1.807, 2.05) is 12.1 Å². The monoisotopic (exact) mass is 558 g/mol. The second kappa shape index (κ2) is 9.43. The number of hydrogen-bond acceptors (Lipinski definition) is 2. The summed E-state index contributed by atoms with van der Waals surface area (Å²) >= 11 is 19.8. The predicted molar refractivity (Wildman–Crippen MR) is 120 cm³/mol. The van der Waals surface area contributed by atoms with Gasteiger partial charge in [-0.2, -0.15) is 13.2 Å². The van der Waals surface area contributed by atoms with Crippen LogP contribution in [0.15, 0.2) is 54.6 Å². The lowest BCUT2D eigenvalue weighted by molar-refractivity contribution is -0.137.